The van der Waals surface area contributed by atoms with Gasteiger partial charge in [0.1, 0.15) is 16.9 Å². The van der Waals surface area contributed by atoms with Crippen LogP contribution in [-0.4, -0.2) is 4.98 Å². The Morgan fingerprint density at radius 2 is 1.44 bits per heavy atom. The fourth-order valence-corrected chi connectivity index (χ4v) is 2.77. The predicted octanol–water partition coefficient (Wildman–Crippen LogP) is -2.24. The van der Waals surface area contributed by atoms with Gasteiger partial charge in [-0.25, -0.2) is 33.0 Å². The van der Waals surface area contributed by atoms with Crippen molar-refractivity contribution in [3.8, 4) is 16.8 Å². The molecule has 1 heterocycles. The van der Waals surface area contributed by atoms with Crippen molar-refractivity contribution in [3.05, 3.63) is 76.5 Å². The van der Waals surface area contributed by atoms with Gasteiger partial charge in [-0.1, -0.05) is 30.3 Å². The van der Waals surface area contributed by atoms with E-state index in [-0.39, 0.29) is 5.56 Å². The molecule has 0 radical (unpaired) electrons. The summed E-state index contributed by atoms with van der Waals surface area (Å²) in [6.07, 6.45) is 0. The number of aromatic nitrogens is 2. The van der Waals surface area contributed by atoms with Crippen LogP contribution in [0.5, 0.6) is 0 Å². The molecule has 0 aliphatic carbocycles. The molecule has 0 bridgehead atoms. The van der Waals surface area contributed by atoms with Crippen molar-refractivity contribution in [3.63, 3.8) is 0 Å². The van der Waals surface area contributed by atoms with Crippen LogP contribution >= 0.6 is 0 Å². The molecule has 1 aromatic heterocycles. The standard InChI is InChI=1S/C18H17N3O.ClHO4/c1-12-17(14-6-4-3-5-7-14)18(22)20-13(2)21(12)16-10-8-15(19)9-11-16;2-1(3,4)5/h3-11H,19H2,1-2H3;(H,2,3,4,5). The van der Waals surface area contributed by atoms with E-state index < -0.39 is 10.2 Å². The number of hydrogen-bond acceptors (Lipinski definition) is 6. The van der Waals surface area contributed by atoms with Crippen LogP contribution in [0.25, 0.3) is 16.8 Å². The van der Waals surface area contributed by atoms with E-state index in [1.165, 1.54) is 0 Å². The first kappa shape index (κ1) is 20.6. The number of nitrogen functional groups attached to an aromatic ring is 1. The van der Waals surface area contributed by atoms with E-state index in [2.05, 4.69) is 4.98 Å². The van der Waals surface area contributed by atoms with Crippen LogP contribution in [0.1, 0.15) is 11.5 Å². The van der Waals surface area contributed by atoms with Crippen LogP contribution < -0.4 is 34.5 Å². The van der Waals surface area contributed by atoms with Gasteiger partial charge in [0, 0.05) is 12.6 Å². The lowest BCUT2D eigenvalue weighted by Crippen LogP contribution is -2.68. The molecule has 0 unspecified atom stereocenters. The number of nitrogens with two attached hydrogens (primary N) is 1. The number of H-pyrrole nitrogens is 1. The van der Waals surface area contributed by atoms with Crippen LogP contribution in [0.2, 0.25) is 0 Å². The van der Waals surface area contributed by atoms with Gasteiger partial charge in [-0.3, -0.25) is 0 Å². The van der Waals surface area contributed by atoms with Gasteiger partial charge >= 0.3 is 5.56 Å². The van der Waals surface area contributed by atoms with E-state index in [9.17, 15) is 4.79 Å². The summed E-state index contributed by atoms with van der Waals surface area (Å²) >= 11 is 0. The second-order valence-electron chi connectivity index (χ2n) is 5.67. The maximum Gasteiger partial charge on any atom is 0.343 e. The van der Waals surface area contributed by atoms with E-state index >= 15 is 0 Å². The first-order valence-corrected chi connectivity index (χ1v) is 9.00. The molecule has 0 atom stereocenters. The van der Waals surface area contributed by atoms with Gasteiger partial charge in [0.25, 0.3) is 5.82 Å². The third-order valence-electron chi connectivity index (χ3n) is 3.77. The first-order valence-electron chi connectivity index (χ1n) is 7.76. The minimum absolute atomic E-state index is 0.0760. The number of aromatic amines is 1. The third kappa shape index (κ3) is 5.61. The van der Waals surface area contributed by atoms with E-state index in [4.69, 9.17) is 24.4 Å². The molecule has 2 aromatic carbocycles. The van der Waals surface area contributed by atoms with Crippen molar-refractivity contribution in [2.45, 2.75) is 13.8 Å². The second kappa shape index (κ2) is 8.30. The molecule has 142 valence electrons. The summed E-state index contributed by atoms with van der Waals surface area (Å²) in [6.45, 7) is 3.85. The van der Waals surface area contributed by atoms with Crippen LogP contribution in [0.15, 0.2) is 59.4 Å². The monoisotopic (exact) mass is 391 g/mol. The molecular formula is C18H18ClN3O5. The zero-order chi connectivity index (χ0) is 20.2. The Balaban J connectivity index is 0.000000465. The molecule has 3 aromatic rings. The highest BCUT2D eigenvalue weighted by Gasteiger charge is 2.20. The average molecular weight is 392 g/mol. The van der Waals surface area contributed by atoms with E-state index in [0.717, 1.165) is 22.8 Å². The molecule has 3 rings (SSSR count). The number of nitrogens with zero attached hydrogens (tertiary/aromatic N) is 1. The Bertz CT molecular complexity index is 961. The van der Waals surface area contributed by atoms with Gasteiger partial charge in [0.05, 0.1) is 0 Å². The van der Waals surface area contributed by atoms with Crippen LogP contribution in [0, 0.1) is 24.1 Å². The SMILES string of the molecule is Cc1[nH]c(=O)c(-c2ccccc2)c(C)[n+]1-c1ccc(N)cc1.[O-][Cl+3]([O-])([O-])[O-]. The number of nitrogens with one attached hydrogen (secondary N) is 1. The highest BCUT2D eigenvalue weighted by molar-refractivity contribution is 5.63. The highest BCUT2D eigenvalue weighted by atomic mass is 35.7. The predicted molar refractivity (Wildman–Crippen MR) is 87.9 cm³/mol. The molecule has 0 aliphatic rings. The highest BCUT2D eigenvalue weighted by Crippen LogP contribution is 2.18. The molecule has 0 saturated carbocycles. The molecular weight excluding hydrogens is 374 g/mol. The molecule has 0 saturated heterocycles. The van der Waals surface area contributed by atoms with Gasteiger partial charge in [-0.2, -0.15) is 0 Å². The number of anilines is 1. The van der Waals surface area contributed by atoms with E-state index in [1.807, 2.05) is 73.0 Å². The summed E-state index contributed by atoms with van der Waals surface area (Å²) < 4.78 is 36.0. The first-order chi connectivity index (χ1) is 12.6. The van der Waals surface area contributed by atoms with Gasteiger partial charge in [-0.05, 0) is 36.8 Å². The third-order valence-corrected chi connectivity index (χ3v) is 3.77. The zero-order valence-electron chi connectivity index (χ0n) is 14.6. The summed E-state index contributed by atoms with van der Waals surface area (Å²) in [5.74, 6) is 0.784. The van der Waals surface area contributed by atoms with Crippen LogP contribution in [0.4, 0.5) is 5.69 Å². The molecule has 0 spiro atoms. The number of rotatable bonds is 2. The lowest BCUT2D eigenvalue weighted by Gasteiger charge is -2.17. The average Bonchev–Trinajstić information content (AvgIpc) is 2.55. The van der Waals surface area contributed by atoms with Crippen molar-refractivity contribution in [2.24, 2.45) is 0 Å². The molecule has 0 aliphatic heterocycles. The summed E-state index contributed by atoms with van der Waals surface area (Å²) in [6, 6.07) is 17.3. The minimum Gasteiger partial charge on any atom is -0.399 e. The van der Waals surface area contributed by atoms with Gasteiger partial charge < -0.3 is 5.73 Å². The van der Waals surface area contributed by atoms with Gasteiger partial charge in [-0.15, -0.1) is 10.2 Å². The van der Waals surface area contributed by atoms with Crippen LogP contribution in [-0.2, 0) is 0 Å². The van der Waals surface area contributed by atoms with Crippen molar-refractivity contribution in [1.82, 2.24) is 4.98 Å². The fourth-order valence-electron chi connectivity index (χ4n) is 2.77. The second-order valence-corrected chi connectivity index (χ2v) is 6.43. The fraction of sp³-hybridized carbons (Fsp3) is 0.111. The molecule has 8 nitrogen and oxygen atoms in total. The van der Waals surface area contributed by atoms with Gasteiger partial charge in [0.2, 0.25) is 0 Å². The van der Waals surface area contributed by atoms with Crippen LogP contribution in [0.3, 0.4) is 0 Å². The summed E-state index contributed by atoms with van der Waals surface area (Å²) in [7, 11) is -4.94. The lowest BCUT2D eigenvalue weighted by atomic mass is 10.1. The lowest BCUT2D eigenvalue weighted by molar-refractivity contribution is -2.00. The topological polar surface area (TPSA) is 155 Å². The van der Waals surface area contributed by atoms with Crippen molar-refractivity contribution in [1.29, 1.82) is 0 Å². The van der Waals surface area contributed by atoms with E-state index in [0.29, 0.717) is 11.3 Å². The Kier molecular flexibility index (Phi) is 6.32. The van der Waals surface area contributed by atoms with Crippen molar-refractivity contribution < 1.29 is 33.4 Å². The van der Waals surface area contributed by atoms with Gasteiger partial charge in [0.15, 0.2) is 0 Å². The molecule has 9 heteroatoms. The number of halogens is 1. The molecule has 3 N–H and O–H groups in total. The largest absolute Gasteiger partial charge is 0.399 e. The number of hydrogen-bond donors (Lipinski definition) is 2. The number of benzene rings is 2. The maximum atomic E-state index is 12.4. The van der Waals surface area contributed by atoms with Crippen molar-refractivity contribution in [2.75, 3.05) is 5.73 Å². The Labute approximate surface area is 157 Å². The Hall–Kier alpha value is -2.75. The smallest absolute Gasteiger partial charge is 0.343 e. The normalized spacial score (nSPS) is 10.9. The summed E-state index contributed by atoms with van der Waals surface area (Å²) in [4.78, 5) is 15.3. The number of aryl methyl sites for hydroxylation is 1. The quantitative estimate of drug-likeness (QED) is 0.371. The van der Waals surface area contributed by atoms with Crippen molar-refractivity contribution >= 4 is 5.69 Å². The maximum absolute atomic E-state index is 12.4. The Morgan fingerprint density at radius 1 is 0.926 bits per heavy atom. The molecule has 27 heavy (non-hydrogen) atoms. The zero-order valence-corrected chi connectivity index (χ0v) is 15.4. The summed E-state index contributed by atoms with van der Waals surface area (Å²) in [5.41, 5.74) is 9.86. The minimum atomic E-state index is -4.94. The Morgan fingerprint density at radius 3 is 1.96 bits per heavy atom. The molecule has 0 amide bonds. The van der Waals surface area contributed by atoms with E-state index in [1.54, 1.807) is 0 Å². The molecule has 0 fully saturated rings. The summed E-state index contributed by atoms with van der Waals surface area (Å²) in [5, 5.41) is 0.